The van der Waals surface area contributed by atoms with Crippen molar-refractivity contribution in [2.24, 2.45) is 0 Å². The van der Waals surface area contributed by atoms with E-state index >= 15 is 0 Å². The van der Waals surface area contributed by atoms with Gasteiger partial charge in [-0.05, 0) is 12.1 Å². The molecule has 8 heteroatoms. The van der Waals surface area contributed by atoms with E-state index in [-0.39, 0.29) is 18.7 Å². The van der Waals surface area contributed by atoms with Gasteiger partial charge in [0, 0.05) is 19.2 Å². The minimum absolute atomic E-state index is 0.165. The molecule has 0 saturated carbocycles. The summed E-state index contributed by atoms with van der Waals surface area (Å²) in [6.07, 6.45) is 0. The average Bonchev–Trinajstić information content (AvgIpc) is 2.56. The van der Waals surface area contributed by atoms with E-state index in [9.17, 15) is 9.59 Å². The molecule has 126 valence electrons. The van der Waals surface area contributed by atoms with E-state index in [0.717, 1.165) is 0 Å². The molecule has 1 aromatic rings. The molecule has 0 spiro atoms. The van der Waals surface area contributed by atoms with Crippen LogP contribution in [0.15, 0.2) is 12.1 Å². The van der Waals surface area contributed by atoms with Crippen LogP contribution in [0.5, 0.6) is 17.2 Å². The molecule has 8 nitrogen and oxygen atoms in total. The van der Waals surface area contributed by atoms with Gasteiger partial charge in [-0.15, -0.1) is 0 Å². The number of hydrogen-bond donors (Lipinski definition) is 1. The number of fused-ring (bicyclic) bond motifs is 1. The zero-order chi connectivity index (χ0) is 16.8. The van der Waals surface area contributed by atoms with E-state index in [0.29, 0.717) is 30.5 Å². The van der Waals surface area contributed by atoms with Crippen LogP contribution in [-0.2, 0) is 9.53 Å². The second-order valence-electron chi connectivity index (χ2n) is 4.82. The van der Waals surface area contributed by atoms with Gasteiger partial charge < -0.3 is 29.0 Å². The Morgan fingerprint density at radius 2 is 2.00 bits per heavy atom. The molecule has 1 heterocycles. The number of benzene rings is 1. The first-order chi connectivity index (χ1) is 11.1. The molecule has 0 saturated heterocycles. The highest BCUT2D eigenvalue weighted by molar-refractivity contribution is 5.97. The fourth-order valence-corrected chi connectivity index (χ4v) is 2.20. The maximum Gasteiger partial charge on any atom is 0.323 e. The van der Waals surface area contributed by atoms with E-state index < -0.39 is 18.4 Å². The van der Waals surface area contributed by atoms with Crippen molar-refractivity contribution in [3.05, 3.63) is 17.7 Å². The number of methoxy groups -OCH3 is 2. The summed E-state index contributed by atoms with van der Waals surface area (Å²) in [5, 5.41) is 8.97. The van der Waals surface area contributed by atoms with E-state index in [4.69, 9.17) is 24.1 Å². The summed E-state index contributed by atoms with van der Waals surface area (Å²) >= 11 is 0. The molecule has 0 radical (unpaired) electrons. The predicted molar refractivity (Wildman–Crippen MR) is 79.4 cm³/mol. The van der Waals surface area contributed by atoms with Crippen LogP contribution in [0.25, 0.3) is 0 Å². The lowest BCUT2D eigenvalue weighted by atomic mass is 10.1. The second-order valence-corrected chi connectivity index (χ2v) is 4.82. The summed E-state index contributed by atoms with van der Waals surface area (Å²) in [4.78, 5) is 24.7. The average molecular weight is 325 g/mol. The van der Waals surface area contributed by atoms with Gasteiger partial charge in [0.2, 0.25) is 5.75 Å². The number of ether oxygens (including phenoxy) is 4. The zero-order valence-corrected chi connectivity index (χ0v) is 13.0. The van der Waals surface area contributed by atoms with Crippen molar-refractivity contribution in [1.82, 2.24) is 4.90 Å². The van der Waals surface area contributed by atoms with Gasteiger partial charge in [-0.3, -0.25) is 9.59 Å². The highest BCUT2D eigenvalue weighted by atomic mass is 16.6. The van der Waals surface area contributed by atoms with Gasteiger partial charge in [-0.25, -0.2) is 0 Å². The minimum Gasteiger partial charge on any atom is -0.493 e. The molecule has 23 heavy (non-hydrogen) atoms. The third-order valence-electron chi connectivity index (χ3n) is 3.25. The quantitative estimate of drug-likeness (QED) is 0.786. The van der Waals surface area contributed by atoms with Gasteiger partial charge in [0.25, 0.3) is 5.91 Å². The van der Waals surface area contributed by atoms with Crippen molar-refractivity contribution in [1.29, 1.82) is 0 Å². The smallest absolute Gasteiger partial charge is 0.323 e. The van der Waals surface area contributed by atoms with Crippen LogP contribution >= 0.6 is 0 Å². The Hall–Kier alpha value is -2.48. The van der Waals surface area contributed by atoms with E-state index in [2.05, 4.69) is 0 Å². The minimum atomic E-state index is -1.10. The molecule has 0 unspecified atom stereocenters. The molecule has 0 aliphatic carbocycles. The monoisotopic (exact) mass is 325 g/mol. The summed E-state index contributed by atoms with van der Waals surface area (Å²) < 4.78 is 21.1. The van der Waals surface area contributed by atoms with Crippen molar-refractivity contribution in [3.8, 4) is 17.2 Å². The van der Waals surface area contributed by atoms with Crippen LogP contribution in [0.4, 0.5) is 0 Å². The predicted octanol–water partition coefficient (Wildman–Crippen LogP) is 0.640. The highest BCUT2D eigenvalue weighted by Gasteiger charge is 2.24. The number of carboxylic acid groups (broad SMARTS) is 1. The molecule has 1 N–H and O–H groups in total. The van der Waals surface area contributed by atoms with E-state index in [1.54, 1.807) is 0 Å². The Kier molecular flexibility index (Phi) is 5.64. The first-order valence-electron chi connectivity index (χ1n) is 7.04. The Bertz CT molecular complexity index is 570. The van der Waals surface area contributed by atoms with Crippen molar-refractivity contribution in [3.63, 3.8) is 0 Å². The number of carbonyl (C=O) groups is 2. The van der Waals surface area contributed by atoms with Crippen LogP contribution in [-0.4, -0.2) is 69.0 Å². The van der Waals surface area contributed by atoms with Gasteiger partial charge in [-0.1, -0.05) is 0 Å². The topological polar surface area (TPSA) is 94.5 Å². The second kappa shape index (κ2) is 7.68. The largest absolute Gasteiger partial charge is 0.493 e. The van der Waals surface area contributed by atoms with Crippen LogP contribution in [0, 0.1) is 0 Å². The van der Waals surface area contributed by atoms with Crippen molar-refractivity contribution >= 4 is 11.9 Å². The van der Waals surface area contributed by atoms with Crippen LogP contribution in [0.1, 0.15) is 10.4 Å². The maximum absolute atomic E-state index is 12.6. The van der Waals surface area contributed by atoms with Crippen molar-refractivity contribution < 1.29 is 33.6 Å². The molecule has 2 rings (SSSR count). The molecule has 1 aliphatic heterocycles. The third kappa shape index (κ3) is 4.04. The van der Waals surface area contributed by atoms with Gasteiger partial charge in [0.1, 0.15) is 19.8 Å². The van der Waals surface area contributed by atoms with Gasteiger partial charge in [0.15, 0.2) is 11.5 Å². The van der Waals surface area contributed by atoms with Crippen LogP contribution < -0.4 is 14.2 Å². The lowest BCUT2D eigenvalue weighted by Gasteiger charge is -2.24. The Labute approximate surface area is 133 Å². The van der Waals surface area contributed by atoms with Crippen molar-refractivity contribution in [2.75, 3.05) is 47.1 Å². The molecule has 0 aromatic heterocycles. The number of rotatable bonds is 7. The SMILES string of the molecule is COCCN(CC(=O)O)C(=O)c1cc(OC)c2c(c1)OCCO2. The normalized spacial score (nSPS) is 12.6. The molecule has 1 amide bonds. The van der Waals surface area contributed by atoms with E-state index in [1.165, 1.54) is 31.3 Å². The van der Waals surface area contributed by atoms with Gasteiger partial charge >= 0.3 is 5.97 Å². The zero-order valence-electron chi connectivity index (χ0n) is 13.0. The van der Waals surface area contributed by atoms with Gasteiger partial charge in [-0.2, -0.15) is 0 Å². The summed E-state index contributed by atoms with van der Waals surface area (Å²) in [6.45, 7) is 0.754. The van der Waals surface area contributed by atoms with Gasteiger partial charge in [0.05, 0.1) is 13.7 Å². The van der Waals surface area contributed by atoms with E-state index in [1.807, 2.05) is 0 Å². The number of carbonyl (C=O) groups excluding carboxylic acids is 1. The lowest BCUT2D eigenvalue weighted by molar-refractivity contribution is -0.137. The number of nitrogens with zero attached hydrogens (tertiary/aromatic N) is 1. The number of aliphatic carboxylic acids is 1. The first-order valence-corrected chi connectivity index (χ1v) is 7.04. The summed E-state index contributed by atoms with van der Waals surface area (Å²) in [5.41, 5.74) is 0.267. The molecule has 0 bridgehead atoms. The third-order valence-corrected chi connectivity index (χ3v) is 3.25. The highest BCUT2D eigenvalue weighted by Crippen LogP contribution is 2.40. The molecular formula is C15H19NO7. The summed E-state index contributed by atoms with van der Waals surface area (Å²) in [5.74, 6) is -0.329. The van der Waals surface area contributed by atoms with Crippen LogP contribution in [0.3, 0.4) is 0 Å². The molecule has 1 aliphatic rings. The maximum atomic E-state index is 12.6. The van der Waals surface area contributed by atoms with Crippen LogP contribution in [0.2, 0.25) is 0 Å². The Morgan fingerprint density at radius 3 is 2.65 bits per heavy atom. The molecule has 0 fully saturated rings. The fraction of sp³-hybridized carbons (Fsp3) is 0.467. The molecule has 1 aromatic carbocycles. The lowest BCUT2D eigenvalue weighted by Crippen LogP contribution is -2.38. The number of carboxylic acids is 1. The molecular weight excluding hydrogens is 306 g/mol. The first kappa shape index (κ1) is 16.9. The standard InChI is InChI=1S/C15H19NO7/c1-20-4-3-16(9-13(17)18)15(19)10-7-11(21-2)14-12(8-10)22-5-6-23-14/h7-8H,3-6,9H2,1-2H3,(H,17,18). The summed E-state index contributed by atoms with van der Waals surface area (Å²) in [7, 11) is 2.94. The van der Waals surface area contributed by atoms with Crippen molar-refractivity contribution in [2.45, 2.75) is 0 Å². The molecule has 0 atom stereocenters. The Balaban J connectivity index is 2.30. The fourth-order valence-electron chi connectivity index (χ4n) is 2.20. The summed E-state index contributed by atoms with van der Waals surface area (Å²) in [6, 6.07) is 3.04. The number of amides is 1. The number of hydrogen-bond acceptors (Lipinski definition) is 6. The Morgan fingerprint density at radius 1 is 1.26 bits per heavy atom.